The molecule has 2 heteroatoms. The van der Waals surface area contributed by atoms with Gasteiger partial charge in [-0.3, -0.25) is 4.79 Å². The highest BCUT2D eigenvalue weighted by atomic mass is 16.5. The molecule has 0 aromatic heterocycles. The van der Waals surface area contributed by atoms with Crippen LogP contribution in [0, 0.1) is 0 Å². The predicted molar refractivity (Wildman–Crippen MR) is 36.0 cm³/mol. The van der Waals surface area contributed by atoms with Crippen molar-refractivity contribution in [3.05, 3.63) is 24.8 Å². The zero-order chi connectivity index (χ0) is 7.11. The highest BCUT2D eigenvalue weighted by molar-refractivity contribution is 5.70. The maximum atomic E-state index is 10.4. The van der Waals surface area contributed by atoms with E-state index in [9.17, 15) is 4.79 Å². The van der Waals surface area contributed by atoms with Gasteiger partial charge in [-0.05, 0) is 0 Å². The largest absolute Gasteiger partial charge is 0.469 e. The second-order valence-electron chi connectivity index (χ2n) is 1.44. The molecular weight excluding hydrogens is 116 g/mol. The van der Waals surface area contributed by atoms with Gasteiger partial charge in [-0.2, -0.15) is 0 Å². The van der Waals surface area contributed by atoms with Gasteiger partial charge in [0.15, 0.2) is 0 Å². The van der Waals surface area contributed by atoms with Gasteiger partial charge in [0.25, 0.3) is 0 Å². The molecule has 0 unspecified atom stereocenters. The first-order valence-electron chi connectivity index (χ1n) is 2.65. The molecule has 0 fully saturated rings. The predicted octanol–water partition coefficient (Wildman–Crippen LogP) is 1.29. The fraction of sp³-hybridized carbons (Fsp3) is 0.286. The molecule has 0 aliphatic heterocycles. The van der Waals surface area contributed by atoms with Crippen LogP contribution in [0.15, 0.2) is 24.8 Å². The molecule has 0 bridgehead atoms. The quantitative estimate of drug-likeness (QED) is 0.420. The Morgan fingerprint density at radius 2 is 2.44 bits per heavy atom. The Morgan fingerprint density at radius 1 is 1.78 bits per heavy atom. The van der Waals surface area contributed by atoms with Crippen molar-refractivity contribution in [1.29, 1.82) is 0 Å². The second-order valence-corrected chi connectivity index (χ2v) is 1.44. The summed E-state index contributed by atoms with van der Waals surface area (Å²) < 4.78 is 4.37. The number of rotatable bonds is 3. The lowest BCUT2D eigenvalue weighted by Gasteiger charge is -1.89. The Morgan fingerprint density at radius 3 is 2.89 bits per heavy atom. The van der Waals surface area contributed by atoms with Gasteiger partial charge in [0.2, 0.25) is 0 Å². The van der Waals surface area contributed by atoms with E-state index in [1.54, 1.807) is 18.2 Å². The molecule has 0 radical (unpaired) electrons. The molecular formula is C7H10O2. The summed E-state index contributed by atoms with van der Waals surface area (Å²) in [5.41, 5.74) is 0. The van der Waals surface area contributed by atoms with Gasteiger partial charge < -0.3 is 4.74 Å². The lowest BCUT2D eigenvalue weighted by atomic mass is 10.4. The Hall–Kier alpha value is -1.05. The highest BCUT2D eigenvalue weighted by Gasteiger charge is 1.91. The first-order valence-corrected chi connectivity index (χ1v) is 2.65. The van der Waals surface area contributed by atoms with E-state index in [1.165, 1.54) is 7.11 Å². The van der Waals surface area contributed by atoms with Gasteiger partial charge in [-0.15, -0.1) is 0 Å². The number of carbonyl (C=O) groups excluding carboxylic acids is 1. The molecule has 0 spiro atoms. The minimum Gasteiger partial charge on any atom is -0.469 e. The number of hydrogen-bond donors (Lipinski definition) is 0. The van der Waals surface area contributed by atoms with Gasteiger partial charge in [0.05, 0.1) is 13.5 Å². The molecule has 0 amide bonds. The van der Waals surface area contributed by atoms with Crippen LogP contribution in [0.2, 0.25) is 0 Å². The zero-order valence-corrected chi connectivity index (χ0v) is 5.46. The summed E-state index contributed by atoms with van der Waals surface area (Å²) in [4.78, 5) is 10.4. The molecule has 0 atom stereocenters. The average Bonchev–Trinajstić information content (AvgIpc) is 1.89. The van der Waals surface area contributed by atoms with Crippen molar-refractivity contribution in [3.8, 4) is 0 Å². The van der Waals surface area contributed by atoms with Crippen molar-refractivity contribution in [2.45, 2.75) is 6.42 Å². The van der Waals surface area contributed by atoms with Gasteiger partial charge >= 0.3 is 5.97 Å². The minimum absolute atomic E-state index is 0.229. The molecule has 9 heavy (non-hydrogen) atoms. The third-order valence-electron chi connectivity index (χ3n) is 0.784. The monoisotopic (exact) mass is 126 g/mol. The normalized spacial score (nSPS) is 9.44. The molecule has 0 heterocycles. The van der Waals surface area contributed by atoms with Crippen LogP contribution in [0.25, 0.3) is 0 Å². The molecule has 0 aromatic carbocycles. The van der Waals surface area contributed by atoms with Crippen LogP contribution in [0.1, 0.15) is 6.42 Å². The summed E-state index contributed by atoms with van der Waals surface area (Å²) >= 11 is 0. The third kappa shape index (κ3) is 4.81. The number of esters is 1. The Balaban J connectivity index is 3.37. The second kappa shape index (κ2) is 5.09. The van der Waals surface area contributed by atoms with E-state index >= 15 is 0 Å². The number of ether oxygens (including phenoxy) is 1. The molecule has 0 saturated heterocycles. The summed E-state index contributed by atoms with van der Waals surface area (Å²) in [6.07, 6.45) is 5.33. The molecule has 0 aliphatic rings. The fourth-order valence-corrected chi connectivity index (χ4v) is 0.344. The first kappa shape index (κ1) is 7.95. The van der Waals surface area contributed by atoms with Crippen LogP contribution in [0.4, 0.5) is 0 Å². The van der Waals surface area contributed by atoms with E-state index in [1.807, 2.05) is 0 Å². The standard InChI is InChI=1S/C7H10O2/c1-3-4-5-6-7(8)9-2/h3-5H,1,6H2,2H3/b5-4+. The Kier molecular flexibility index (Phi) is 4.50. The topological polar surface area (TPSA) is 26.3 Å². The average molecular weight is 126 g/mol. The molecule has 0 rings (SSSR count). The summed E-state index contributed by atoms with van der Waals surface area (Å²) in [5, 5.41) is 0. The molecule has 0 aliphatic carbocycles. The van der Waals surface area contributed by atoms with Crippen molar-refractivity contribution < 1.29 is 9.53 Å². The van der Waals surface area contributed by atoms with Crippen LogP contribution in [-0.4, -0.2) is 13.1 Å². The smallest absolute Gasteiger partial charge is 0.309 e. The zero-order valence-electron chi connectivity index (χ0n) is 5.46. The number of allylic oxidation sites excluding steroid dienone is 2. The van der Waals surface area contributed by atoms with Crippen LogP contribution >= 0.6 is 0 Å². The van der Waals surface area contributed by atoms with Crippen LogP contribution in [-0.2, 0) is 9.53 Å². The lowest BCUT2D eigenvalue weighted by molar-refractivity contribution is -0.139. The highest BCUT2D eigenvalue weighted by Crippen LogP contribution is 1.85. The van der Waals surface area contributed by atoms with Crippen LogP contribution < -0.4 is 0 Å². The van der Waals surface area contributed by atoms with Crippen molar-refractivity contribution in [3.63, 3.8) is 0 Å². The van der Waals surface area contributed by atoms with Crippen molar-refractivity contribution in [2.75, 3.05) is 7.11 Å². The van der Waals surface area contributed by atoms with Gasteiger partial charge in [-0.25, -0.2) is 0 Å². The SMILES string of the molecule is C=C/C=C/CC(=O)OC. The molecule has 0 N–H and O–H groups in total. The van der Waals surface area contributed by atoms with Crippen molar-refractivity contribution in [1.82, 2.24) is 0 Å². The molecule has 0 aromatic rings. The van der Waals surface area contributed by atoms with E-state index in [4.69, 9.17) is 0 Å². The summed E-state index contributed by atoms with van der Waals surface area (Å²) in [6.45, 7) is 3.44. The maximum absolute atomic E-state index is 10.4. The van der Waals surface area contributed by atoms with Crippen molar-refractivity contribution >= 4 is 5.97 Å². The molecule has 0 saturated carbocycles. The Bertz CT molecular complexity index is 125. The molecule has 50 valence electrons. The summed E-state index contributed by atoms with van der Waals surface area (Å²) in [6, 6.07) is 0. The number of carbonyl (C=O) groups is 1. The number of hydrogen-bond acceptors (Lipinski definition) is 2. The minimum atomic E-state index is -0.229. The van der Waals surface area contributed by atoms with Gasteiger partial charge in [0, 0.05) is 0 Å². The molecule has 2 nitrogen and oxygen atoms in total. The van der Waals surface area contributed by atoms with E-state index in [-0.39, 0.29) is 5.97 Å². The summed E-state index contributed by atoms with van der Waals surface area (Å²) in [7, 11) is 1.37. The van der Waals surface area contributed by atoms with E-state index < -0.39 is 0 Å². The Labute approximate surface area is 54.8 Å². The van der Waals surface area contributed by atoms with Crippen LogP contribution in [0.3, 0.4) is 0 Å². The van der Waals surface area contributed by atoms with E-state index in [2.05, 4.69) is 11.3 Å². The van der Waals surface area contributed by atoms with E-state index in [0.717, 1.165) is 0 Å². The van der Waals surface area contributed by atoms with Crippen LogP contribution in [0.5, 0.6) is 0 Å². The van der Waals surface area contributed by atoms with Gasteiger partial charge in [0.1, 0.15) is 0 Å². The van der Waals surface area contributed by atoms with Gasteiger partial charge in [-0.1, -0.05) is 24.8 Å². The number of methoxy groups -OCH3 is 1. The maximum Gasteiger partial charge on any atom is 0.309 e. The van der Waals surface area contributed by atoms with Crippen molar-refractivity contribution in [2.24, 2.45) is 0 Å². The first-order chi connectivity index (χ1) is 4.31. The fourth-order valence-electron chi connectivity index (χ4n) is 0.344. The summed E-state index contributed by atoms with van der Waals surface area (Å²) in [5.74, 6) is -0.229. The lowest BCUT2D eigenvalue weighted by Crippen LogP contribution is -1.96. The van der Waals surface area contributed by atoms with E-state index in [0.29, 0.717) is 6.42 Å². The third-order valence-corrected chi connectivity index (χ3v) is 0.784.